The first kappa shape index (κ1) is 17.7. The molecule has 134 valence electrons. The van der Waals surface area contributed by atoms with Crippen LogP contribution in [0.1, 0.15) is 56.3 Å². The standard InChI is InChI=1S/C19H27N5O/c1-3-17(25-2)14-24(13-15-8-11-21-22-12-15)18-9-10-20-19(23-18)16-6-4-5-7-16/h8-12,16-17H,3-7,13-14H2,1-2H3. The molecule has 0 amide bonds. The molecule has 1 fully saturated rings. The molecular weight excluding hydrogens is 314 g/mol. The molecule has 0 saturated heterocycles. The number of aromatic nitrogens is 4. The Balaban J connectivity index is 1.83. The average Bonchev–Trinajstić information content (AvgIpc) is 3.21. The van der Waals surface area contributed by atoms with E-state index in [0.717, 1.165) is 36.7 Å². The third kappa shape index (κ3) is 4.72. The summed E-state index contributed by atoms with van der Waals surface area (Å²) >= 11 is 0. The Morgan fingerprint density at radius 3 is 2.72 bits per heavy atom. The molecule has 1 atom stereocenters. The summed E-state index contributed by atoms with van der Waals surface area (Å²) in [6.45, 7) is 3.66. The van der Waals surface area contributed by atoms with E-state index in [0.29, 0.717) is 5.92 Å². The first-order valence-electron chi connectivity index (χ1n) is 9.16. The van der Waals surface area contributed by atoms with Crippen molar-refractivity contribution in [2.75, 3.05) is 18.6 Å². The van der Waals surface area contributed by atoms with Gasteiger partial charge in [0.25, 0.3) is 0 Å². The number of ether oxygens (including phenoxy) is 1. The molecule has 1 unspecified atom stereocenters. The minimum atomic E-state index is 0.166. The molecule has 2 heterocycles. The molecule has 1 saturated carbocycles. The zero-order valence-electron chi connectivity index (χ0n) is 15.1. The summed E-state index contributed by atoms with van der Waals surface area (Å²) in [4.78, 5) is 11.7. The van der Waals surface area contributed by atoms with Gasteiger partial charge in [0.05, 0.1) is 12.3 Å². The molecule has 2 aromatic heterocycles. The maximum atomic E-state index is 5.61. The van der Waals surface area contributed by atoms with Crippen LogP contribution in [0.15, 0.2) is 30.7 Å². The van der Waals surface area contributed by atoms with E-state index in [-0.39, 0.29) is 6.10 Å². The van der Waals surface area contributed by atoms with E-state index < -0.39 is 0 Å². The minimum Gasteiger partial charge on any atom is -0.380 e. The van der Waals surface area contributed by atoms with Gasteiger partial charge in [-0.1, -0.05) is 19.8 Å². The first-order chi connectivity index (χ1) is 12.3. The lowest BCUT2D eigenvalue weighted by atomic mass is 10.1. The summed E-state index contributed by atoms with van der Waals surface area (Å²) in [7, 11) is 1.77. The topological polar surface area (TPSA) is 64.0 Å². The van der Waals surface area contributed by atoms with Gasteiger partial charge in [-0.25, -0.2) is 9.97 Å². The molecular formula is C19H27N5O. The Labute approximate surface area is 149 Å². The molecule has 2 aromatic rings. The third-order valence-electron chi connectivity index (χ3n) is 4.94. The summed E-state index contributed by atoms with van der Waals surface area (Å²) in [6, 6.07) is 3.99. The summed E-state index contributed by atoms with van der Waals surface area (Å²) in [5.74, 6) is 2.45. The smallest absolute Gasteiger partial charge is 0.133 e. The fourth-order valence-corrected chi connectivity index (χ4v) is 3.41. The highest BCUT2D eigenvalue weighted by molar-refractivity contribution is 5.39. The normalized spacial score (nSPS) is 16.1. The van der Waals surface area contributed by atoms with Crippen LogP contribution in [-0.2, 0) is 11.3 Å². The van der Waals surface area contributed by atoms with Gasteiger partial charge < -0.3 is 9.64 Å². The third-order valence-corrected chi connectivity index (χ3v) is 4.94. The molecule has 0 aliphatic heterocycles. The van der Waals surface area contributed by atoms with E-state index in [1.807, 2.05) is 18.3 Å². The second-order valence-corrected chi connectivity index (χ2v) is 6.65. The Bertz CT molecular complexity index is 641. The van der Waals surface area contributed by atoms with Crippen molar-refractivity contribution in [1.82, 2.24) is 20.2 Å². The molecule has 1 aliphatic rings. The van der Waals surface area contributed by atoms with Gasteiger partial charge >= 0.3 is 0 Å². The fraction of sp³-hybridized carbons (Fsp3) is 0.579. The van der Waals surface area contributed by atoms with Crippen molar-refractivity contribution in [3.05, 3.63) is 42.1 Å². The van der Waals surface area contributed by atoms with Gasteiger partial charge in [0.2, 0.25) is 0 Å². The van der Waals surface area contributed by atoms with Crippen LogP contribution in [0.2, 0.25) is 0 Å². The van der Waals surface area contributed by atoms with Crippen molar-refractivity contribution in [3.63, 3.8) is 0 Å². The van der Waals surface area contributed by atoms with Crippen molar-refractivity contribution in [3.8, 4) is 0 Å². The lowest BCUT2D eigenvalue weighted by molar-refractivity contribution is 0.104. The van der Waals surface area contributed by atoms with Crippen LogP contribution in [0.3, 0.4) is 0 Å². The minimum absolute atomic E-state index is 0.166. The van der Waals surface area contributed by atoms with Crippen LogP contribution in [0, 0.1) is 0 Å². The highest BCUT2D eigenvalue weighted by Gasteiger charge is 2.21. The predicted octanol–water partition coefficient (Wildman–Crippen LogP) is 3.36. The van der Waals surface area contributed by atoms with Crippen molar-refractivity contribution < 1.29 is 4.74 Å². The molecule has 25 heavy (non-hydrogen) atoms. The summed E-state index contributed by atoms with van der Waals surface area (Å²) in [5.41, 5.74) is 1.11. The number of anilines is 1. The summed E-state index contributed by atoms with van der Waals surface area (Å²) in [6.07, 6.45) is 11.5. The molecule has 0 spiro atoms. The number of rotatable bonds is 8. The van der Waals surface area contributed by atoms with Crippen LogP contribution < -0.4 is 4.90 Å². The molecule has 6 heteroatoms. The molecule has 0 bridgehead atoms. The van der Waals surface area contributed by atoms with Gasteiger partial charge in [-0.3, -0.25) is 0 Å². The van der Waals surface area contributed by atoms with Crippen LogP contribution in [0.25, 0.3) is 0 Å². The van der Waals surface area contributed by atoms with Gasteiger partial charge in [-0.05, 0) is 37.0 Å². The largest absolute Gasteiger partial charge is 0.380 e. The molecule has 6 nitrogen and oxygen atoms in total. The van der Waals surface area contributed by atoms with E-state index in [4.69, 9.17) is 9.72 Å². The van der Waals surface area contributed by atoms with Crippen LogP contribution >= 0.6 is 0 Å². The second kappa shape index (κ2) is 8.85. The van der Waals surface area contributed by atoms with Crippen molar-refractivity contribution in [1.29, 1.82) is 0 Å². The van der Waals surface area contributed by atoms with E-state index in [2.05, 4.69) is 27.0 Å². The second-order valence-electron chi connectivity index (χ2n) is 6.65. The lowest BCUT2D eigenvalue weighted by Crippen LogP contribution is -2.33. The molecule has 3 rings (SSSR count). The van der Waals surface area contributed by atoms with E-state index in [9.17, 15) is 0 Å². The zero-order chi connectivity index (χ0) is 17.5. The maximum Gasteiger partial charge on any atom is 0.133 e. The van der Waals surface area contributed by atoms with Gasteiger partial charge in [0.15, 0.2) is 0 Å². The highest BCUT2D eigenvalue weighted by atomic mass is 16.5. The number of methoxy groups -OCH3 is 1. The zero-order valence-corrected chi connectivity index (χ0v) is 15.1. The predicted molar refractivity (Wildman–Crippen MR) is 97.4 cm³/mol. The Morgan fingerprint density at radius 1 is 1.20 bits per heavy atom. The van der Waals surface area contributed by atoms with Crippen LogP contribution in [-0.4, -0.2) is 39.9 Å². The fourth-order valence-electron chi connectivity index (χ4n) is 3.41. The maximum absolute atomic E-state index is 5.61. The molecule has 0 radical (unpaired) electrons. The van der Waals surface area contributed by atoms with Crippen LogP contribution in [0.5, 0.6) is 0 Å². The van der Waals surface area contributed by atoms with E-state index >= 15 is 0 Å². The van der Waals surface area contributed by atoms with Crippen molar-refractivity contribution in [2.24, 2.45) is 0 Å². The SMILES string of the molecule is CCC(CN(Cc1ccnnc1)c1ccnc(C2CCCC2)n1)OC. The quantitative estimate of drug-likeness (QED) is 0.733. The van der Waals surface area contributed by atoms with Crippen LogP contribution in [0.4, 0.5) is 5.82 Å². The first-order valence-corrected chi connectivity index (χ1v) is 9.16. The average molecular weight is 341 g/mol. The number of hydrogen-bond acceptors (Lipinski definition) is 6. The Kier molecular flexibility index (Phi) is 6.28. The summed E-state index contributed by atoms with van der Waals surface area (Å²) in [5, 5.41) is 7.86. The Morgan fingerprint density at radius 2 is 2.04 bits per heavy atom. The van der Waals surface area contributed by atoms with Gasteiger partial charge in [0.1, 0.15) is 11.6 Å². The number of hydrogen-bond donors (Lipinski definition) is 0. The molecule has 0 aromatic carbocycles. The van der Waals surface area contributed by atoms with E-state index in [1.165, 1.54) is 25.7 Å². The lowest BCUT2D eigenvalue weighted by Gasteiger charge is -2.28. The van der Waals surface area contributed by atoms with Gasteiger partial charge in [-0.15, -0.1) is 0 Å². The van der Waals surface area contributed by atoms with E-state index in [1.54, 1.807) is 19.5 Å². The monoisotopic (exact) mass is 341 g/mol. The molecule has 1 aliphatic carbocycles. The Hall–Kier alpha value is -2.08. The summed E-state index contributed by atoms with van der Waals surface area (Å²) < 4.78 is 5.61. The number of nitrogens with zero attached hydrogens (tertiary/aromatic N) is 5. The molecule has 0 N–H and O–H groups in total. The van der Waals surface area contributed by atoms with Gasteiger partial charge in [0, 0.05) is 38.5 Å². The van der Waals surface area contributed by atoms with Crippen molar-refractivity contribution >= 4 is 5.82 Å². The van der Waals surface area contributed by atoms with Gasteiger partial charge in [-0.2, -0.15) is 10.2 Å². The highest BCUT2D eigenvalue weighted by Crippen LogP contribution is 2.32. The van der Waals surface area contributed by atoms with Crippen molar-refractivity contribution in [2.45, 2.75) is 57.6 Å².